The molecule has 12 heteroatoms. The zero-order valence-electron chi connectivity index (χ0n) is 40.6. The lowest BCUT2D eigenvalue weighted by Gasteiger charge is -2.34. The molecule has 2 aliphatic rings. The Kier molecular flexibility index (Phi) is 11.6. The largest absolute Gasteiger partial charge is 0.472 e. The molecule has 12 rings (SSSR count). The van der Waals surface area contributed by atoms with Crippen LogP contribution in [0.2, 0.25) is 0 Å². The number of rotatable bonds is 8. The molecule has 2 aliphatic heterocycles. The predicted molar refractivity (Wildman–Crippen MR) is 302 cm³/mol. The zero-order valence-corrected chi connectivity index (χ0v) is 44.1. The number of thiocarbonyl (C=S) groups is 1. The van der Waals surface area contributed by atoms with E-state index >= 15 is 0 Å². The van der Waals surface area contributed by atoms with Crippen molar-refractivity contribution in [1.82, 2.24) is 19.9 Å². The lowest BCUT2D eigenvalue weighted by Crippen LogP contribution is -2.32. The fourth-order valence-electron chi connectivity index (χ4n) is 10.9. The van der Waals surface area contributed by atoms with Crippen LogP contribution in [-0.2, 0) is 33.5 Å². The van der Waals surface area contributed by atoms with Crippen LogP contribution in [0.5, 0.6) is 23.0 Å². The Morgan fingerprint density at radius 2 is 0.781 bits per heavy atom. The number of aromatic amines is 4. The van der Waals surface area contributed by atoms with Gasteiger partial charge in [-0.1, -0.05) is 97.1 Å². The number of benzene rings is 6. The molecule has 0 spiro atoms. The van der Waals surface area contributed by atoms with Crippen molar-refractivity contribution < 1.29 is 18.3 Å². The molecule has 0 fully saturated rings. The molecule has 8 nitrogen and oxygen atoms in total. The highest BCUT2D eigenvalue weighted by Gasteiger charge is 2.44. The van der Waals surface area contributed by atoms with Crippen molar-refractivity contribution in [2.24, 2.45) is 0 Å². The first-order chi connectivity index (χ1) is 35.4. The molecule has 0 saturated carbocycles. The molecule has 0 amide bonds. The summed E-state index contributed by atoms with van der Waals surface area (Å²) in [6, 6.07) is 71.3. The summed E-state index contributed by atoms with van der Waals surface area (Å²) in [6.45, 7) is 5.85. The SMILES string of the molecule is C[C@@]1(c2cccc(OC=S)c2)c2ccc([nH]2)[C@](C)(c2cccc(OPc3ccccc3)c2)c2ccc([nH]2)[C@@]2(C)c3cccc(c3)OP(=S)(c3ccccc3)Oc3cccc(c3)[C@@](C)(c3ccc1[nH]3)c1ccc2[nH]1. The van der Waals surface area contributed by atoms with E-state index in [2.05, 4.69) is 163 Å². The van der Waals surface area contributed by atoms with Crippen LogP contribution in [0.15, 0.2) is 206 Å². The molecule has 362 valence electrons. The quantitative estimate of drug-likeness (QED) is 0.0894. The second kappa shape index (κ2) is 18.1. The number of fused-ring (bicyclic) bond motifs is 14. The third-order valence-electron chi connectivity index (χ3n) is 15.5. The van der Waals surface area contributed by atoms with E-state index in [4.69, 9.17) is 42.3 Å². The summed E-state index contributed by atoms with van der Waals surface area (Å²) in [7, 11) is 0.143. The Morgan fingerprint density at radius 1 is 0.425 bits per heavy atom. The summed E-state index contributed by atoms with van der Waals surface area (Å²) in [5.74, 6) is 2.67. The topological polar surface area (TPSA) is 100 Å². The Labute approximate surface area is 437 Å². The van der Waals surface area contributed by atoms with Crippen LogP contribution in [0.4, 0.5) is 0 Å². The van der Waals surface area contributed by atoms with E-state index in [-0.39, 0.29) is 8.81 Å². The van der Waals surface area contributed by atoms with Crippen molar-refractivity contribution in [3.8, 4) is 23.0 Å². The molecule has 4 aromatic heterocycles. The van der Waals surface area contributed by atoms with Gasteiger partial charge in [0.1, 0.15) is 31.8 Å². The van der Waals surface area contributed by atoms with E-state index in [1.165, 1.54) is 5.55 Å². The summed E-state index contributed by atoms with van der Waals surface area (Å²) in [6.07, 6.45) is 0. The van der Waals surface area contributed by atoms with E-state index in [1.807, 2.05) is 91.0 Å². The number of hydrogen-bond donors (Lipinski definition) is 4. The minimum Gasteiger partial charge on any atom is -0.472 e. The average Bonchev–Trinajstić information content (AvgIpc) is 4.29. The number of hydrogen-bond acceptors (Lipinski definition) is 6. The minimum atomic E-state index is -3.23. The normalized spacial score (nSPS) is 23.1. The van der Waals surface area contributed by atoms with Crippen LogP contribution in [0.3, 0.4) is 0 Å². The van der Waals surface area contributed by atoms with Crippen LogP contribution in [0.1, 0.15) is 95.5 Å². The number of nitrogens with one attached hydrogen (secondary N) is 4. The third kappa shape index (κ3) is 7.82. The van der Waals surface area contributed by atoms with Gasteiger partial charge in [0.2, 0.25) is 0 Å². The molecule has 0 radical (unpaired) electrons. The number of ether oxygens (including phenoxy) is 1. The molecule has 73 heavy (non-hydrogen) atoms. The van der Waals surface area contributed by atoms with Crippen molar-refractivity contribution in [3.05, 3.63) is 274 Å². The fourth-order valence-corrected chi connectivity index (χ4v) is 14.2. The van der Waals surface area contributed by atoms with Gasteiger partial charge in [0.05, 0.1) is 27.0 Å². The Hall–Kier alpha value is -7.19. The summed E-state index contributed by atoms with van der Waals surface area (Å²) >= 11 is 11.8. The highest BCUT2D eigenvalue weighted by atomic mass is 32.5. The van der Waals surface area contributed by atoms with Gasteiger partial charge in [-0.05, 0) is 183 Å². The van der Waals surface area contributed by atoms with E-state index in [0.717, 1.165) is 84.2 Å². The van der Waals surface area contributed by atoms with Gasteiger partial charge >= 0.3 is 6.49 Å². The molecule has 6 aromatic carbocycles. The third-order valence-corrected chi connectivity index (χ3v) is 19.4. The smallest absolute Gasteiger partial charge is 0.319 e. The van der Waals surface area contributed by atoms with Gasteiger partial charge in [0, 0.05) is 50.9 Å². The summed E-state index contributed by atoms with van der Waals surface area (Å²) in [5.41, 5.74) is 10.1. The van der Waals surface area contributed by atoms with Gasteiger partial charge in [-0.15, -0.1) is 0 Å². The Morgan fingerprint density at radius 3 is 1.19 bits per heavy atom. The van der Waals surface area contributed by atoms with Crippen LogP contribution >= 0.6 is 27.5 Å². The second-order valence-corrected chi connectivity index (χ2v) is 24.1. The Balaban J connectivity index is 1.14. The maximum absolute atomic E-state index is 7.04. The maximum Gasteiger partial charge on any atom is 0.319 e. The Bertz CT molecular complexity index is 3740. The van der Waals surface area contributed by atoms with Gasteiger partial charge in [-0.3, -0.25) is 0 Å². The standard InChI is InChI=1S/C61H52N4O4P2S2/c1-58(40-15-11-19-44(35-40)66-39-72)50-27-29-52(62-50)59(2,41-16-12-20-45(36-41)67-70-48-23-7-5-8-24-48)53-30-32-55(64-53)61(4)43-18-14-22-47(38-43)69-71(73,49-25-9-6-10-26-49)68-46-21-13-17-42(37-46)60(3,54-31-28-51(58)63-54)56-33-34-57(61)65-56/h5-39,62-65,70H,1-4H3/t58-,59+,60+,61-,71?/m1/s1. The van der Waals surface area contributed by atoms with E-state index in [9.17, 15) is 0 Å². The molecule has 2 unspecified atom stereocenters. The van der Waals surface area contributed by atoms with Crippen LogP contribution in [0.25, 0.3) is 0 Å². The monoisotopic (exact) mass is 1030 g/mol. The first-order valence-electron chi connectivity index (χ1n) is 24.3. The molecular formula is C61H52N4O4P2S2. The van der Waals surface area contributed by atoms with E-state index < -0.39 is 28.2 Å². The molecular weight excluding hydrogens is 979 g/mol. The first kappa shape index (κ1) is 46.9. The molecule has 6 heterocycles. The summed E-state index contributed by atoms with van der Waals surface area (Å²) < 4.78 is 26.5. The summed E-state index contributed by atoms with van der Waals surface area (Å²) in [5, 5.41) is 1.93. The molecule has 6 atom stereocenters. The van der Waals surface area contributed by atoms with Crippen molar-refractivity contribution in [2.45, 2.75) is 49.4 Å². The van der Waals surface area contributed by atoms with Crippen molar-refractivity contribution >= 4 is 55.5 Å². The van der Waals surface area contributed by atoms with E-state index in [1.54, 1.807) is 0 Å². The molecule has 0 saturated heterocycles. The number of aromatic nitrogens is 4. The van der Waals surface area contributed by atoms with Crippen molar-refractivity contribution in [3.63, 3.8) is 0 Å². The highest BCUT2D eigenvalue weighted by molar-refractivity contribution is 8.13. The van der Waals surface area contributed by atoms with Crippen molar-refractivity contribution in [2.75, 3.05) is 0 Å². The van der Waals surface area contributed by atoms with Crippen molar-refractivity contribution in [1.29, 1.82) is 0 Å². The van der Waals surface area contributed by atoms with Gasteiger partial charge in [-0.25, -0.2) is 0 Å². The molecule has 10 aromatic rings. The highest BCUT2D eigenvalue weighted by Crippen LogP contribution is 2.52. The molecule has 14 bridgehead atoms. The van der Waals surface area contributed by atoms with E-state index in [0.29, 0.717) is 17.2 Å². The van der Waals surface area contributed by atoms with Crippen LogP contribution in [-0.4, -0.2) is 25.5 Å². The summed E-state index contributed by atoms with van der Waals surface area (Å²) in [4.78, 5) is 16.3. The number of H-pyrrole nitrogens is 4. The van der Waals surface area contributed by atoms with Gasteiger partial charge in [0.15, 0.2) is 5.55 Å². The second-order valence-electron chi connectivity index (χ2n) is 19.6. The molecule has 0 aliphatic carbocycles. The van der Waals surface area contributed by atoms with Crippen LogP contribution in [0, 0.1) is 0 Å². The minimum absolute atomic E-state index is 0.143. The van der Waals surface area contributed by atoms with Gasteiger partial charge < -0.3 is 38.2 Å². The lowest BCUT2D eigenvalue weighted by molar-refractivity contribution is 0.495. The zero-order chi connectivity index (χ0) is 50.0. The maximum atomic E-state index is 7.04. The van der Waals surface area contributed by atoms with Gasteiger partial charge in [-0.2, -0.15) is 0 Å². The van der Waals surface area contributed by atoms with Crippen LogP contribution < -0.4 is 28.9 Å². The molecule has 4 N–H and O–H groups in total. The fraction of sp³-hybridized carbons (Fsp3) is 0.131. The predicted octanol–water partition coefficient (Wildman–Crippen LogP) is 13.8. The average molecular weight is 1030 g/mol. The van der Waals surface area contributed by atoms with Gasteiger partial charge in [0.25, 0.3) is 0 Å². The lowest BCUT2D eigenvalue weighted by atomic mass is 9.76. The first-order valence-corrected chi connectivity index (χ1v) is 28.3.